The third kappa shape index (κ3) is 6.14. The monoisotopic (exact) mass is 408 g/mol. The summed E-state index contributed by atoms with van der Waals surface area (Å²) in [5.41, 5.74) is -2.69. The van der Waals surface area contributed by atoms with Crippen molar-refractivity contribution in [2.24, 2.45) is 0 Å². The lowest BCUT2D eigenvalue weighted by Gasteiger charge is -2.23. The van der Waals surface area contributed by atoms with E-state index in [1.165, 1.54) is 24.3 Å². The Balaban J connectivity index is 1.97. The van der Waals surface area contributed by atoms with E-state index < -0.39 is 49.6 Å². The zero-order valence-corrected chi connectivity index (χ0v) is 14.9. The van der Waals surface area contributed by atoms with Gasteiger partial charge in [0.2, 0.25) is 0 Å². The highest BCUT2D eigenvalue weighted by molar-refractivity contribution is 5.89. The van der Waals surface area contributed by atoms with E-state index in [9.17, 15) is 29.1 Å². The molecule has 29 heavy (non-hydrogen) atoms. The Morgan fingerprint density at radius 2 is 1.41 bits per heavy atom. The average molecular weight is 408 g/mol. The highest BCUT2D eigenvalue weighted by Gasteiger charge is 2.43. The summed E-state index contributed by atoms with van der Waals surface area (Å²) in [4.78, 5) is 56.3. The fraction of sp³-hybridized carbons (Fsp3) is 0.278. The second kappa shape index (κ2) is 9.46. The topological polar surface area (TPSA) is 171 Å². The lowest BCUT2D eigenvalue weighted by atomic mass is 9.95. The minimum atomic E-state index is -2.69. The minimum absolute atomic E-state index is 0.0117. The Labute approximate surface area is 162 Å². The number of furan rings is 2. The Kier molecular flexibility index (Phi) is 7.04. The third-order valence-electron chi connectivity index (χ3n) is 3.58. The molecular weight excluding hydrogens is 392 g/mol. The molecule has 0 radical (unpaired) electrons. The first-order valence-electron chi connectivity index (χ1n) is 8.10. The highest BCUT2D eigenvalue weighted by Crippen LogP contribution is 2.21. The Morgan fingerprint density at radius 1 is 0.897 bits per heavy atom. The van der Waals surface area contributed by atoms with Crippen LogP contribution in [0.25, 0.3) is 0 Å². The summed E-state index contributed by atoms with van der Waals surface area (Å²) in [6.07, 6.45) is -1.24. The smallest absolute Gasteiger partial charge is 0.339 e. The summed E-state index contributed by atoms with van der Waals surface area (Å²) in [6, 6.07) is 5.39. The predicted molar refractivity (Wildman–Crippen MR) is 89.6 cm³/mol. The molecule has 1 atom stereocenters. The van der Waals surface area contributed by atoms with Gasteiger partial charge in [-0.15, -0.1) is 0 Å². The van der Waals surface area contributed by atoms with Crippen molar-refractivity contribution in [1.29, 1.82) is 0 Å². The van der Waals surface area contributed by atoms with E-state index in [1.54, 1.807) is 0 Å². The van der Waals surface area contributed by atoms with Crippen molar-refractivity contribution in [2.75, 3.05) is 0 Å². The van der Waals surface area contributed by atoms with Gasteiger partial charge in [0.25, 0.3) is 0 Å². The maximum atomic E-state index is 12.2. The number of hydrogen-bond donors (Lipinski definition) is 2. The van der Waals surface area contributed by atoms with Crippen molar-refractivity contribution in [1.82, 2.24) is 0 Å². The molecule has 0 amide bonds. The average Bonchev–Trinajstić information content (AvgIpc) is 3.32. The zero-order chi connectivity index (χ0) is 21.4. The molecule has 2 rings (SSSR count). The Hall–Kier alpha value is -3.73. The number of carboxylic acids is 1. The van der Waals surface area contributed by atoms with Crippen molar-refractivity contribution in [3.8, 4) is 0 Å². The van der Waals surface area contributed by atoms with E-state index in [1.807, 2.05) is 0 Å². The van der Waals surface area contributed by atoms with E-state index >= 15 is 0 Å². The molecule has 0 aliphatic heterocycles. The summed E-state index contributed by atoms with van der Waals surface area (Å²) < 4.78 is 19.6. The number of carbonyl (C=O) groups is 5. The molecule has 154 valence electrons. The van der Waals surface area contributed by atoms with E-state index in [-0.39, 0.29) is 23.0 Å². The summed E-state index contributed by atoms with van der Waals surface area (Å²) >= 11 is 0. The van der Waals surface area contributed by atoms with Crippen molar-refractivity contribution in [2.45, 2.75) is 31.7 Å². The molecular formula is C18H16O11. The van der Waals surface area contributed by atoms with Crippen LogP contribution in [0.5, 0.6) is 0 Å². The van der Waals surface area contributed by atoms with Crippen LogP contribution in [-0.4, -0.2) is 46.3 Å². The number of aldehydes is 2. The lowest BCUT2D eigenvalue weighted by molar-refractivity contribution is -0.178. The molecule has 0 aliphatic carbocycles. The van der Waals surface area contributed by atoms with Gasteiger partial charge in [-0.05, 0) is 24.3 Å². The fourth-order valence-corrected chi connectivity index (χ4v) is 2.24. The molecule has 2 aromatic rings. The number of carboxylic acid groups (broad SMARTS) is 1. The van der Waals surface area contributed by atoms with E-state index in [0.717, 1.165) is 0 Å². The Morgan fingerprint density at radius 3 is 1.86 bits per heavy atom. The molecule has 11 heteroatoms. The lowest BCUT2D eigenvalue weighted by Crippen LogP contribution is -2.44. The van der Waals surface area contributed by atoms with Gasteiger partial charge in [-0.3, -0.25) is 19.2 Å². The Bertz CT molecular complexity index is 907. The van der Waals surface area contributed by atoms with Gasteiger partial charge in [0.05, 0.1) is 12.8 Å². The fourth-order valence-electron chi connectivity index (χ4n) is 2.24. The van der Waals surface area contributed by atoms with Crippen molar-refractivity contribution >= 4 is 30.5 Å². The first-order chi connectivity index (χ1) is 13.8. The van der Waals surface area contributed by atoms with E-state index in [4.69, 9.17) is 23.4 Å². The molecule has 11 nitrogen and oxygen atoms in total. The summed E-state index contributed by atoms with van der Waals surface area (Å²) in [7, 11) is 0. The zero-order valence-electron chi connectivity index (χ0n) is 14.9. The molecule has 1 unspecified atom stereocenters. The highest BCUT2D eigenvalue weighted by atomic mass is 16.6. The van der Waals surface area contributed by atoms with Crippen molar-refractivity contribution in [3.63, 3.8) is 0 Å². The summed E-state index contributed by atoms with van der Waals surface area (Å²) in [5, 5.41) is 19.3. The number of hydrogen-bond acceptors (Lipinski definition) is 10. The van der Waals surface area contributed by atoms with Gasteiger partial charge in [-0.25, -0.2) is 4.79 Å². The maximum absolute atomic E-state index is 12.2. The van der Waals surface area contributed by atoms with Gasteiger partial charge in [-0.2, -0.15) is 0 Å². The van der Waals surface area contributed by atoms with Crippen LogP contribution in [-0.2, 0) is 37.1 Å². The van der Waals surface area contributed by atoms with Gasteiger partial charge in [0.1, 0.15) is 24.7 Å². The predicted octanol–water partition coefficient (Wildman–Crippen LogP) is 0.880. The number of aliphatic hydroxyl groups is 1. The number of ether oxygens (including phenoxy) is 2. The number of esters is 2. The summed E-state index contributed by atoms with van der Waals surface area (Å²) in [5.74, 6) is -3.84. The molecule has 0 saturated heterocycles. The molecule has 0 aliphatic rings. The molecule has 0 fully saturated rings. The van der Waals surface area contributed by atoms with E-state index in [2.05, 4.69) is 0 Å². The molecule has 0 saturated carbocycles. The first-order valence-corrected chi connectivity index (χ1v) is 8.10. The largest absolute Gasteiger partial charge is 0.481 e. The van der Waals surface area contributed by atoms with Crippen molar-refractivity contribution in [3.05, 3.63) is 47.3 Å². The number of carbonyl (C=O) groups excluding carboxylic acids is 4. The van der Waals surface area contributed by atoms with Gasteiger partial charge in [0.15, 0.2) is 29.7 Å². The molecule has 2 N–H and O–H groups in total. The van der Waals surface area contributed by atoms with Gasteiger partial charge in [-0.1, -0.05) is 0 Å². The molecule has 0 spiro atoms. The molecule has 0 aromatic carbocycles. The van der Waals surface area contributed by atoms with Crippen LogP contribution in [0.3, 0.4) is 0 Å². The minimum Gasteiger partial charge on any atom is -0.481 e. The van der Waals surface area contributed by atoms with Gasteiger partial charge >= 0.3 is 17.9 Å². The van der Waals surface area contributed by atoms with Crippen LogP contribution in [0, 0.1) is 0 Å². The molecule has 0 bridgehead atoms. The van der Waals surface area contributed by atoms with Crippen molar-refractivity contribution < 1.29 is 52.5 Å². The first kappa shape index (κ1) is 21.6. The standard InChI is InChI=1S/C18H16O11/c19-7-11-1-3-13(28-11)9-26-16(23)6-18(25,5-15(21)22)17(24)27-10-14-4-2-12(8-20)29-14/h1-4,7-8,25H,5-6,9-10H2,(H,21,22). The third-order valence-corrected chi connectivity index (χ3v) is 3.58. The van der Waals surface area contributed by atoms with Crippen LogP contribution in [0.4, 0.5) is 0 Å². The number of aliphatic carboxylic acids is 1. The van der Waals surface area contributed by atoms with Crippen LogP contribution in [0.1, 0.15) is 45.5 Å². The molecule has 2 heterocycles. The second-order valence-corrected chi connectivity index (χ2v) is 5.86. The second-order valence-electron chi connectivity index (χ2n) is 5.86. The van der Waals surface area contributed by atoms with Crippen LogP contribution >= 0.6 is 0 Å². The quantitative estimate of drug-likeness (QED) is 0.399. The number of rotatable bonds is 11. The van der Waals surface area contributed by atoms with Crippen LogP contribution in [0.15, 0.2) is 33.1 Å². The molecule has 2 aromatic heterocycles. The summed E-state index contributed by atoms with van der Waals surface area (Å²) in [6.45, 7) is -0.893. The SMILES string of the molecule is O=Cc1ccc(COC(=O)CC(O)(CC(=O)O)C(=O)OCc2ccc(C=O)o2)o1. The van der Waals surface area contributed by atoms with E-state index in [0.29, 0.717) is 12.6 Å². The van der Waals surface area contributed by atoms with Crippen LogP contribution < -0.4 is 0 Å². The van der Waals surface area contributed by atoms with Gasteiger partial charge in [0, 0.05) is 0 Å². The van der Waals surface area contributed by atoms with Crippen LogP contribution in [0.2, 0.25) is 0 Å². The maximum Gasteiger partial charge on any atom is 0.339 e. The normalized spacial score (nSPS) is 12.6. The van der Waals surface area contributed by atoms with Gasteiger partial charge < -0.3 is 28.5 Å².